The zero-order valence-electron chi connectivity index (χ0n) is 17.2. The van der Waals surface area contributed by atoms with Crippen LogP contribution in [0.1, 0.15) is 31.1 Å². The number of hydrogen-bond acceptors (Lipinski definition) is 4. The van der Waals surface area contributed by atoms with Crippen molar-refractivity contribution >= 4 is 33.7 Å². The first-order valence-corrected chi connectivity index (χ1v) is 9.71. The number of pyridine rings is 1. The fourth-order valence-corrected chi connectivity index (χ4v) is 3.56. The Morgan fingerprint density at radius 1 is 1.07 bits per heavy atom. The summed E-state index contributed by atoms with van der Waals surface area (Å²) < 4.78 is 7.11. The van der Waals surface area contributed by atoms with Crippen molar-refractivity contribution in [2.24, 2.45) is 5.73 Å². The molecule has 152 valence electrons. The molecule has 0 spiro atoms. The molecule has 6 heteroatoms. The minimum atomic E-state index is -0.580. The summed E-state index contributed by atoms with van der Waals surface area (Å²) in [5.41, 5.74) is 8.97. The van der Waals surface area contributed by atoms with E-state index in [0.717, 1.165) is 27.5 Å². The predicted octanol–water partition coefficient (Wildman–Crippen LogP) is 4.30. The van der Waals surface area contributed by atoms with Crippen molar-refractivity contribution in [2.45, 2.75) is 32.9 Å². The van der Waals surface area contributed by atoms with Gasteiger partial charge in [0.1, 0.15) is 12.1 Å². The molecule has 0 atom stereocenters. The highest BCUT2D eigenvalue weighted by atomic mass is 16.6. The van der Waals surface area contributed by atoms with Gasteiger partial charge >= 0.3 is 5.97 Å². The maximum absolute atomic E-state index is 12.3. The SMILES string of the molecule is CC(C)(C)OC(=O)Cn1cc(C(N)=O)c2cc(-c3ccc4cccnc4c3)ccc21. The van der Waals surface area contributed by atoms with Gasteiger partial charge in [-0.15, -0.1) is 0 Å². The normalized spacial score (nSPS) is 11.7. The molecule has 0 radical (unpaired) electrons. The number of ether oxygens (including phenoxy) is 1. The van der Waals surface area contributed by atoms with Gasteiger partial charge in [0.2, 0.25) is 0 Å². The number of carbonyl (C=O) groups excluding carboxylic acids is 2. The summed E-state index contributed by atoms with van der Waals surface area (Å²) in [5.74, 6) is -0.916. The highest BCUT2D eigenvalue weighted by Crippen LogP contribution is 2.29. The second-order valence-electron chi connectivity index (χ2n) is 8.26. The molecule has 2 heterocycles. The van der Waals surface area contributed by atoms with E-state index in [1.807, 2.05) is 69.3 Å². The quantitative estimate of drug-likeness (QED) is 0.517. The number of nitrogens with zero attached hydrogens (tertiary/aromatic N) is 2. The Morgan fingerprint density at radius 3 is 2.53 bits per heavy atom. The summed E-state index contributed by atoms with van der Waals surface area (Å²) in [5, 5.41) is 1.76. The maximum atomic E-state index is 12.3. The molecule has 2 aromatic heterocycles. The lowest BCUT2D eigenvalue weighted by Crippen LogP contribution is -2.26. The largest absolute Gasteiger partial charge is 0.459 e. The van der Waals surface area contributed by atoms with Crippen LogP contribution < -0.4 is 5.73 Å². The van der Waals surface area contributed by atoms with Crippen molar-refractivity contribution in [1.29, 1.82) is 0 Å². The number of carbonyl (C=O) groups is 2. The van der Waals surface area contributed by atoms with Crippen LogP contribution in [0.3, 0.4) is 0 Å². The number of primary amides is 1. The predicted molar refractivity (Wildman–Crippen MR) is 117 cm³/mol. The molecule has 0 aliphatic heterocycles. The highest BCUT2D eigenvalue weighted by Gasteiger charge is 2.19. The van der Waals surface area contributed by atoms with Gasteiger partial charge in [-0.1, -0.05) is 24.3 Å². The molecule has 0 aliphatic rings. The maximum Gasteiger partial charge on any atom is 0.326 e. The molecule has 0 aliphatic carbocycles. The number of fused-ring (bicyclic) bond motifs is 2. The molecular formula is C24H23N3O3. The van der Waals surface area contributed by atoms with Crippen molar-refractivity contribution < 1.29 is 14.3 Å². The minimum absolute atomic E-state index is 0.000289. The second kappa shape index (κ2) is 7.30. The number of esters is 1. The van der Waals surface area contributed by atoms with E-state index in [2.05, 4.69) is 4.98 Å². The van der Waals surface area contributed by atoms with Gasteiger partial charge in [0, 0.05) is 28.7 Å². The number of amides is 1. The van der Waals surface area contributed by atoms with Crippen LogP contribution in [0, 0.1) is 0 Å². The van der Waals surface area contributed by atoms with E-state index >= 15 is 0 Å². The summed E-state index contributed by atoms with van der Waals surface area (Å²) in [7, 11) is 0. The van der Waals surface area contributed by atoms with Gasteiger partial charge in [-0.2, -0.15) is 0 Å². The van der Waals surface area contributed by atoms with E-state index in [1.165, 1.54) is 0 Å². The minimum Gasteiger partial charge on any atom is -0.459 e. The van der Waals surface area contributed by atoms with E-state index in [9.17, 15) is 9.59 Å². The van der Waals surface area contributed by atoms with E-state index in [4.69, 9.17) is 10.5 Å². The molecule has 6 nitrogen and oxygen atoms in total. The molecule has 0 unspecified atom stereocenters. The van der Waals surface area contributed by atoms with Crippen LogP contribution in [0.4, 0.5) is 0 Å². The Morgan fingerprint density at radius 2 is 1.80 bits per heavy atom. The van der Waals surface area contributed by atoms with Gasteiger partial charge in [0.25, 0.3) is 5.91 Å². The molecule has 4 aromatic rings. The summed E-state index contributed by atoms with van der Waals surface area (Å²) in [6, 6.07) is 15.7. The third kappa shape index (κ3) is 3.89. The third-order valence-corrected chi connectivity index (χ3v) is 4.81. The smallest absolute Gasteiger partial charge is 0.326 e. The first-order valence-electron chi connectivity index (χ1n) is 9.71. The van der Waals surface area contributed by atoms with Gasteiger partial charge in [-0.05, 0) is 56.2 Å². The lowest BCUT2D eigenvalue weighted by molar-refractivity contribution is -0.155. The van der Waals surface area contributed by atoms with Crippen molar-refractivity contribution in [1.82, 2.24) is 9.55 Å². The number of aromatic nitrogens is 2. The Labute approximate surface area is 174 Å². The summed E-state index contributed by atoms with van der Waals surface area (Å²) in [6.45, 7) is 5.45. The van der Waals surface area contributed by atoms with E-state index in [1.54, 1.807) is 17.0 Å². The van der Waals surface area contributed by atoms with Crippen molar-refractivity contribution in [2.75, 3.05) is 0 Å². The zero-order chi connectivity index (χ0) is 21.5. The van der Waals surface area contributed by atoms with E-state index in [-0.39, 0.29) is 12.5 Å². The molecule has 2 aromatic carbocycles. The molecule has 1 amide bonds. The monoisotopic (exact) mass is 401 g/mol. The average molecular weight is 401 g/mol. The van der Waals surface area contributed by atoms with Gasteiger partial charge in [0.05, 0.1) is 11.1 Å². The van der Waals surface area contributed by atoms with Crippen LogP contribution in [0.5, 0.6) is 0 Å². The first kappa shape index (κ1) is 19.6. The molecule has 2 N–H and O–H groups in total. The number of benzene rings is 2. The zero-order valence-corrected chi connectivity index (χ0v) is 17.2. The van der Waals surface area contributed by atoms with Crippen LogP contribution >= 0.6 is 0 Å². The summed E-state index contributed by atoms with van der Waals surface area (Å²) in [6.07, 6.45) is 3.37. The Hall–Kier alpha value is -3.67. The van der Waals surface area contributed by atoms with Gasteiger partial charge in [0.15, 0.2) is 0 Å². The molecule has 0 saturated carbocycles. The Balaban J connectivity index is 1.77. The number of nitrogens with two attached hydrogens (primary N) is 1. The first-order chi connectivity index (χ1) is 14.2. The fraction of sp³-hybridized carbons (Fsp3) is 0.208. The average Bonchev–Trinajstić information content (AvgIpc) is 3.04. The lowest BCUT2D eigenvalue weighted by Gasteiger charge is -2.19. The van der Waals surface area contributed by atoms with Crippen molar-refractivity contribution in [3.8, 4) is 11.1 Å². The Kier molecular flexibility index (Phi) is 4.78. The van der Waals surface area contributed by atoms with Gasteiger partial charge < -0.3 is 15.0 Å². The molecule has 4 rings (SSSR count). The molecule has 0 saturated heterocycles. The van der Waals surface area contributed by atoms with Crippen LogP contribution in [0.25, 0.3) is 32.9 Å². The summed E-state index contributed by atoms with van der Waals surface area (Å²) in [4.78, 5) is 28.8. The second-order valence-corrected chi connectivity index (χ2v) is 8.26. The number of rotatable bonds is 4. The lowest BCUT2D eigenvalue weighted by atomic mass is 10.0. The molecule has 0 fully saturated rings. The van der Waals surface area contributed by atoms with Crippen molar-refractivity contribution in [3.05, 3.63) is 66.5 Å². The van der Waals surface area contributed by atoms with Crippen LogP contribution in [-0.2, 0) is 16.1 Å². The van der Waals surface area contributed by atoms with Crippen LogP contribution in [-0.4, -0.2) is 27.0 Å². The highest BCUT2D eigenvalue weighted by molar-refractivity contribution is 6.07. The molecule has 0 bridgehead atoms. The van der Waals surface area contributed by atoms with E-state index in [0.29, 0.717) is 10.9 Å². The number of hydrogen-bond donors (Lipinski definition) is 1. The van der Waals surface area contributed by atoms with E-state index < -0.39 is 11.5 Å². The van der Waals surface area contributed by atoms with Gasteiger partial charge in [-0.3, -0.25) is 14.6 Å². The molecular weight excluding hydrogens is 378 g/mol. The Bertz CT molecular complexity index is 1280. The van der Waals surface area contributed by atoms with Crippen LogP contribution in [0.2, 0.25) is 0 Å². The fourth-order valence-electron chi connectivity index (χ4n) is 3.56. The topological polar surface area (TPSA) is 87.2 Å². The van der Waals surface area contributed by atoms with Crippen molar-refractivity contribution in [3.63, 3.8) is 0 Å². The summed E-state index contributed by atoms with van der Waals surface area (Å²) >= 11 is 0. The molecule has 30 heavy (non-hydrogen) atoms. The third-order valence-electron chi connectivity index (χ3n) is 4.81. The van der Waals surface area contributed by atoms with Gasteiger partial charge in [-0.25, -0.2) is 0 Å². The standard InChI is InChI=1S/C24H23N3O3/c1-24(2,3)30-22(28)14-27-13-19(23(25)29)18-11-16(8-9-21(18)27)17-7-6-15-5-4-10-26-20(15)12-17/h4-13H,14H2,1-3H3,(H2,25,29). The van der Waals surface area contributed by atoms with Crippen LogP contribution in [0.15, 0.2) is 60.9 Å².